The lowest BCUT2D eigenvalue weighted by Gasteiger charge is -2.11. The molecule has 2 N–H and O–H groups in total. The van der Waals surface area contributed by atoms with E-state index in [0.717, 1.165) is 24.5 Å². The summed E-state index contributed by atoms with van der Waals surface area (Å²) in [5.41, 5.74) is 3.60. The van der Waals surface area contributed by atoms with Crippen LogP contribution in [0.3, 0.4) is 0 Å². The molecule has 0 saturated carbocycles. The number of hydrogen-bond donors (Lipinski definition) is 2. The topological polar surface area (TPSA) is 49.8 Å². The third-order valence-corrected chi connectivity index (χ3v) is 3.59. The fourth-order valence-corrected chi connectivity index (χ4v) is 2.11. The van der Waals surface area contributed by atoms with Crippen molar-refractivity contribution in [1.82, 2.24) is 9.97 Å². The molecule has 0 bridgehead atoms. The number of hydrogen-bond acceptors (Lipinski definition) is 4. The number of anilines is 3. The molecule has 0 aliphatic carbocycles. The van der Waals surface area contributed by atoms with Crippen molar-refractivity contribution in [2.75, 3.05) is 17.2 Å². The molecule has 0 atom stereocenters. The number of unbranched alkanes of at least 4 members (excludes halogenated alkanes) is 2. The van der Waals surface area contributed by atoms with Crippen molar-refractivity contribution in [2.45, 2.75) is 40.0 Å². The maximum atomic E-state index is 4.50. The quantitative estimate of drug-likeness (QED) is 0.738. The highest BCUT2D eigenvalue weighted by Crippen LogP contribution is 2.21. The summed E-state index contributed by atoms with van der Waals surface area (Å²) in [6.07, 6.45) is 5.38. The lowest BCUT2D eigenvalue weighted by Crippen LogP contribution is -2.06. The van der Waals surface area contributed by atoms with Crippen molar-refractivity contribution in [3.63, 3.8) is 0 Å². The van der Waals surface area contributed by atoms with Crippen molar-refractivity contribution in [3.8, 4) is 0 Å². The molecule has 0 spiro atoms. The second-order valence-electron chi connectivity index (χ2n) is 5.27. The highest BCUT2D eigenvalue weighted by molar-refractivity contribution is 5.62. The minimum atomic E-state index is 0.682. The maximum absolute atomic E-state index is 4.50. The number of nitrogens with one attached hydrogen (secondary N) is 2. The highest BCUT2D eigenvalue weighted by atomic mass is 15.1. The van der Waals surface area contributed by atoms with Gasteiger partial charge in [-0.25, -0.2) is 4.98 Å². The standard InChI is InChI=1S/C17H24N4/c1-4-5-6-11-18-17-19-12-10-16(21-17)20-15-9-7-8-13(2)14(15)3/h7-10,12H,4-6,11H2,1-3H3,(H2,18,19,20,21). The van der Waals surface area contributed by atoms with Gasteiger partial charge in [0, 0.05) is 18.4 Å². The molecular formula is C17H24N4. The molecule has 21 heavy (non-hydrogen) atoms. The Morgan fingerprint density at radius 3 is 2.76 bits per heavy atom. The summed E-state index contributed by atoms with van der Waals surface area (Å²) in [6, 6.07) is 8.12. The molecule has 2 aromatic rings. The molecular weight excluding hydrogens is 260 g/mol. The normalized spacial score (nSPS) is 10.4. The Hall–Kier alpha value is -2.10. The van der Waals surface area contributed by atoms with Gasteiger partial charge in [0.2, 0.25) is 5.95 Å². The zero-order chi connectivity index (χ0) is 15.1. The fraction of sp³-hybridized carbons (Fsp3) is 0.412. The molecule has 0 unspecified atom stereocenters. The van der Waals surface area contributed by atoms with E-state index in [1.165, 1.54) is 24.0 Å². The van der Waals surface area contributed by atoms with E-state index >= 15 is 0 Å². The molecule has 0 radical (unpaired) electrons. The van der Waals surface area contributed by atoms with Gasteiger partial charge in [0.25, 0.3) is 0 Å². The summed E-state index contributed by atoms with van der Waals surface area (Å²) >= 11 is 0. The Balaban J connectivity index is 2.02. The average Bonchev–Trinajstić information content (AvgIpc) is 2.49. The van der Waals surface area contributed by atoms with Crippen LogP contribution in [0, 0.1) is 13.8 Å². The molecule has 112 valence electrons. The van der Waals surface area contributed by atoms with Crippen molar-refractivity contribution >= 4 is 17.5 Å². The van der Waals surface area contributed by atoms with Gasteiger partial charge in [-0.05, 0) is 43.5 Å². The highest BCUT2D eigenvalue weighted by Gasteiger charge is 2.03. The van der Waals surface area contributed by atoms with Crippen LogP contribution in [0.2, 0.25) is 0 Å². The van der Waals surface area contributed by atoms with E-state index in [2.05, 4.69) is 59.6 Å². The Morgan fingerprint density at radius 2 is 1.95 bits per heavy atom. The minimum absolute atomic E-state index is 0.682. The van der Waals surface area contributed by atoms with E-state index in [1.807, 2.05) is 6.07 Å². The third kappa shape index (κ3) is 4.45. The summed E-state index contributed by atoms with van der Waals surface area (Å²) in [5.74, 6) is 1.50. The van der Waals surface area contributed by atoms with Crippen molar-refractivity contribution < 1.29 is 0 Å². The summed E-state index contributed by atoms with van der Waals surface area (Å²) in [4.78, 5) is 8.76. The van der Waals surface area contributed by atoms with E-state index < -0.39 is 0 Å². The summed E-state index contributed by atoms with van der Waals surface area (Å²) in [7, 11) is 0. The van der Waals surface area contributed by atoms with Crippen LogP contribution in [-0.4, -0.2) is 16.5 Å². The number of aryl methyl sites for hydroxylation is 1. The molecule has 0 fully saturated rings. The van der Waals surface area contributed by atoms with Gasteiger partial charge < -0.3 is 10.6 Å². The van der Waals surface area contributed by atoms with E-state index in [9.17, 15) is 0 Å². The van der Waals surface area contributed by atoms with Crippen molar-refractivity contribution in [3.05, 3.63) is 41.6 Å². The molecule has 2 rings (SSSR count). The van der Waals surface area contributed by atoms with E-state index in [4.69, 9.17) is 0 Å². The van der Waals surface area contributed by atoms with Gasteiger partial charge >= 0.3 is 0 Å². The monoisotopic (exact) mass is 284 g/mol. The van der Waals surface area contributed by atoms with Crippen LogP contribution >= 0.6 is 0 Å². The van der Waals surface area contributed by atoms with Crippen molar-refractivity contribution in [1.29, 1.82) is 0 Å². The molecule has 1 heterocycles. The molecule has 1 aromatic carbocycles. The van der Waals surface area contributed by atoms with E-state index in [1.54, 1.807) is 6.20 Å². The van der Waals surface area contributed by atoms with Gasteiger partial charge in [0.15, 0.2) is 0 Å². The zero-order valence-corrected chi connectivity index (χ0v) is 13.1. The van der Waals surface area contributed by atoms with Crippen LogP contribution < -0.4 is 10.6 Å². The number of nitrogens with zero attached hydrogens (tertiary/aromatic N) is 2. The van der Waals surface area contributed by atoms with Gasteiger partial charge in [0.05, 0.1) is 0 Å². The maximum Gasteiger partial charge on any atom is 0.224 e. The lowest BCUT2D eigenvalue weighted by atomic mass is 10.1. The Morgan fingerprint density at radius 1 is 1.10 bits per heavy atom. The van der Waals surface area contributed by atoms with Crippen LogP contribution in [0.1, 0.15) is 37.3 Å². The predicted octanol–water partition coefficient (Wildman–Crippen LogP) is 4.44. The van der Waals surface area contributed by atoms with E-state index in [-0.39, 0.29) is 0 Å². The van der Waals surface area contributed by atoms with Crippen molar-refractivity contribution in [2.24, 2.45) is 0 Å². The largest absolute Gasteiger partial charge is 0.354 e. The Bertz CT molecular complexity index is 581. The van der Waals surface area contributed by atoms with Gasteiger partial charge in [-0.2, -0.15) is 4.98 Å². The Kier molecular flexibility index (Phi) is 5.55. The van der Waals surface area contributed by atoms with Gasteiger partial charge in [-0.15, -0.1) is 0 Å². The first-order chi connectivity index (χ1) is 10.2. The second-order valence-corrected chi connectivity index (χ2v) is 5.27. The summed E-state index contributed by atoms with van der Waals surface area (Å²) in [6.45, 7) is 7.34. The van der Waals surface area contributed by atoms with Crippen LogP contribution in [0.4, 0.5) is 17.5 Å². The Labute approximate surface area is 127 Å². The van der Waals surface area contributed by atoms with Crippen LogP contribution in [0.5, 0.6) is 0 Å². The lowest BCUT2D eigenvalue weighted by molar-refractivity contribution is 0.740. The minimum Gasteiger partial charge on any atom is -0.354 e. The van der Waals surface area contributed by atoms with Crippen LogP contribution in [-0.2, 0) is 0 Å². The molecule has 1 aromatic heterocycles. The zero-order valence-electron chi connectivity index (χ0n) is 13.1. The van der Waals surface area contributed by atoms with Crippen LogP contribution in [0.15, 0.2) is 30.5 Å². The number of aromatic nitrogens is 2. The first-order valence-electron chi connectivity index (χ1n) is 7.61. The average molecular weight is 284 g/mol. The molecule has 0 amide bonds. The molecule has 4 nitrogen and oxygen atoms in total. The SMILES string of the molecule is CCCCCNc1nccc(Nc2cccc(C)c2C)n1. The fourth-order valence-electron chi connectivity index (χ4n) is 2.11. The number of benzene rings is 1. The smallest absolute Gasteiger partial charge is 0.224 e. The third-order valence-electron chi connectivity index (χ3n) is 3.59. The number of rotatable bonds is 7. The van der Waals surface area contributed by atoms with Crippen LogP contribution in [0.25, 0.3) is 0 Å². The molecule has 0 saturated heterocycles. The van der Waals surface area contributed by atoms with E-state index in [0.29, 0.717) is 5.95 Å². The molecule has 0 aliphatic rings. The second kappa shape index (κ2) is 7.62. The van der Waals surface area contributed by atoms with Gasteiger partial charge in [0.1, 0.15) is 5.82 Å². The van der Waals surface area contributed by atoms with Gasteiger partial charge in [-0.1, -0.05) is 31.9 Å². The van der Waals surface area contributed by atoms with Gasteiger partial charge in [-0.3, -0.25) is 0 Å². The summed E-state index contributed by atoms with van der Waals surface area (Å²) < 4.78 is 0. The first kappa shape index (κ1) is 15.3. The summed E-state index contributed by atoms with van der Waals surface area (Å²) in [5, 5.41) is 6.63. The molecule has 0 aliphatic heterocycles. The predicted molar refractivity (Wildman–Crippen MR) is 89.2 cm³/mol. The first-order valence-corrected chi connectivity index (χ1v) is 7.61. The molecule has 4 heteroatoms.